The van der Waals surface area contributed by atoms with Crippen molar-refractivity contribution in [1.82, 2.24) is 14.9 Å². The van der Waals surface area contributed by atoms with Gasteiger partial charge in [0.15, 0.2) is 17.5 Å². The molecule has 2 aromatic rings. The van der Waals surface area contributed by atoms with Crippen LogP contribution in [0.5, 0.6) is 5.75 Å². The van der Waals surface area contributed by atoms with Crippen molar-refractivity contribution in [2.75, 3.05) is 27.7 Å². The monoisotopic (exact) mass is 550 g/mol. The lowest BCUT2D eigenvalue weighted by Crippen LogP contribution is -2.41. The van der Waals surface area contributed by atoms with Crippen molar-refractivity contribution in [3.63, 3.8) is 0 Å². The van der Waals surface area contributed by atoms with Crippen LogP contribution in [-0.4, -0.2) is 52.5 Å². The van der Waals surface area contributed by atoms with Gasteiger partial charge in [-0.05, 0) is 30.7 Å². The van der Waals surface area contributed by atoms with Gasteiger partial charge in [-0.25, -0.2) is 17.1 Å². The van der Waals surface area contributed by atoms with Crippen molar-refractivity contribution in [3.05, 3.63) is 59.9 Å². The average Bonchev–Trinajstić information content (AvgIpc) is 2.70. The third-order valence-corrected chi connectivity index (χ3v) is 6.04. The topological polar surface area (TPSA) is 83.0 Å². The molecule has 0 radical (unpaired) electrons. The van der Waals surface area contributed by atoms with E-state index in [1.54, 1.807) is 49.5 Å². The summed E-state index contributed by atoms with van der Waals surface area (Å²) < 4.78 is 45.4. The summed E-state index contributed by atoms with van der Waals surface area (Å²) in [6.07, 6.45) is -0.313. The van der Waals surface area contributed by atoms with Gasteiger partial charge in [0.1, 0.15) is 6.10 Å². The highest BCUT2D eigenvalue weighted by molar-refractivity contribution is 14.0. The van der Waals surface area contributed by atoms with Gasteiger partial charge in [0.2, 0.25) is 10.0 Å². The van der Waals surface area contributed by atoms with Crippen LogP contribution in [0.1, 0.15) is 12.5 Å². The molecular formula is C20H28FIN4O3S. The first-order valence-corrected chi connectivity index (χ1v) is 10.6. The average molecular weight is 550 g/mol. The highest BCUT2D eigenvalue weighted by atomic mass is 127. The molecule has 0 bridgehead atoms. The van der Waals surface area contributed by atoms with E-state index in [4.69, 9.17) is 4.74 Å². The Balaban J connectivity index is 0.00000450. The molecule has 0 aromatic heterocycles. The second-order valence-corrected chi connectivity index (χ2v) is 8.68. The molecule has 0 spiro atoms. The van der Waals surface area contributed by atoms with Crippen molar-refractivity contribution in [3.8, 4) is 5.75 Å². The SMILES string of the molecule is CN=C(NCc1ccccc1S(=O)(=O)N(C)C)NCC(C)Oc1ccccc1F.I. The van der Waals surface area contributed by atoms with Crippen LogP contribution >= 0.6 is 24.0 Å². The van der Waals surface area contributed by atoms with E-state index in [0.29, 0.717) is 18.1 Å². The first-order chi connectivity index (χ1) is 13.8. The van der Waals surface area contributed by atoms with Crippen LogP contribution in [0.3, 0.4) is 0 Å². The van der Waals surface area contributed by atoms with Crippen molar-refractivity contribution < 1.29 is 17.5 Å². The number of para-hydroxylation sites is 1. The number of benzene rings is 2. The lowest BCUT2D eigenvalue weighted by atomic mass is 10.2. The van der Waals surface area contributed by atoms with E-state index in [1.807, 2.05) is 6.92 Å². The smallest absolute Gasteiger partial charge is 0.242 e. The van der Waals surface area contributed by atoms with E-state index < -0.39 is 15.8 Å². The van der Waals surface area contributed by atoms with Crippen LogP contribution in [0.4, 0.5) is 4.39 Å². The summed E-state index contributed by atoms with van der Waals surface area (Å²) in [6.45, 7) is 2.46. The molecule has 0 aliphatic heterocycles. The maximum atomic E-state index is 13.7. The van der Waals surface area contributed by atoms with Crippen LogP contribution in [0.2, 0.25) is 0 Å². The number of guanidine groups is 1. The van der Waals surface area contributed by atoms with Crippen LogP contribution in [0.15, 0.2) is 58.4 Å². The Bertz CT molecular complexity index is 955. The van der Waals surface area contributed by atoms with E-state index in [-0.39, 0.29) is 47.3 Å². The van der Waals surface area contributed by atoms with Crippen LogP contribution < -0.4 is 15.4 Å². The molecule has 0 fully saturated rings. The molecule has 1 atom stereocenters. The fraction of sp³-hybridized carbons (Fsp3) is 0.350. The van der Waals surface area contributed by atoms with Crippen molar-refractivity contribution in [2.24, 2.45) is 4.99 Å². The number of sulfonamides is 1. The quantitative estimate of drug-likeness (QED) is 0.300. The van der Waals surface area contributed by atoms with Crippen LogP contribution in [-0.2, 0) is 16.6 Å². The van der Waals surface area contributed by atoms with Gasteiger partial charge in [0, 0.05) is 27.7 Å². The molecule has 0 amide bonds. The van der Waals surface area contributed by atoms with Gasteiger partial charge in [0.05, 0.1) is 11.4 Å². The number of hydrogen-bond donors (Lipinski definition) is 2. The second kappa shape index (κ2) is 12.1. The minimum absolute atomic E-state index is 0. The second-order valence-electron chi connectivity index (χ2n) is 6.56. The predicted molar refractivity (Wildman–Crippen MR) is 127 cm³/mol. The van der Waals surface area contributed by atoms with Gasteiger partial charge < -0.3 is 15.4 Å². The molecule has 0 aliphatic carbocycles. The third kappa shape index (κ3) is 7.10. The number of nitrogens with one attached hydrogen (secondary N) is 2. The number of nitrogens with zero attached hydrogens (tertiary/aromatic N) is 2. The summed E-state index contributed by atoms with van der Waals surface area (Å²) in [4.78, 5) is 4.37. The Kier molecular flexibility index (Phi) is 10.5. The molecule has 2 rings (SSSR count). The van der Waals surface area contributed by atoms with Crippen molar-refractivity contribution in [2.45, 2.75) is 24.5 Å². The molecular weight excluding hydrogens is 522 g/mol. The molecule has 0 saturated carbocycles. The van der Waals surface area contributed by atoms with Crippen molar-refractivity contribution in [1.29, 1.82) is 0 Å². The molecule has 0 aliphatic rings. The van der Waals surface area contributed by atoms with Gasteiger partial charge in [-0.3, -0.25) is 4.99 Å². The minimum Gasteiger partial charge on any atom is -0.486 e. The lowest BCUT2D eigenvalue weighted by molar-refractivity contribution is 0.214. The maximum Gasteiger partial charge on any atom is 0.242 e. The summed E-state index contributed by atoms with van der Waals surface area (Å²) in [6, 6.07) is 13.0. The summed E-state index contributed by atoms with van der Waals surface area (Å²) in [5.41, 5.74) is 0.625. The highest BCUT2D eigenvalue weighted by Gasteiger charge is 2.20. The Labute approximate surface area is 194 Å². The van der Waals surface area contributed by atoms with E-state index in [1.165, 1.54) is 24.5 Å². The standard InChI is InChI=1S/C20H27FN4O3S.HI/c1-15(28-18-11-7-6-10-17(18)21)13-23-20(22-2)24-14-16-9-5-8-12-19(16)29(26,27)25(3)4;/h5-12,15H,13-14H2,1-4H3,(H2,22,23,24);1H. The fourth-order valence-corrected chi connectivity index (χ4v) is 3.65. The third-order valence-electron chi connectivity index (χ3n) is 4.12. The van der Waals surface area contributed by atoms with Gasteiger partial charge in [-0.15, -0.1) is 24.0 Å². The summed E-state index contributed by atoms with van der Waals surface area (Å²) in [5.74, 6) is 0.249. The summed E-state index contributed by atoms with van der Waals surface area (Å²) in [7, 11) is 1.06. The Hall–Kier alpha value is -1.92. The largest absolute Gasteiger partial charge is 0.486 e. The molecule has 30 heavy (non-hydrogen) atoms. The molecule has 166 valence electrons. The molecule has 1 unspecified atom stereocenters. The number of ether oxygens (including phenoxy) is 1. The highest BCUT2D eigenvalue weighted by Crippen LogP contribution is 2.18. The Morgan fingerprint density at radius 3 is 2.40 bits per heavy atom. The van der Waals surface area contributed by atoms with Gasteiger partial charge in [-0.2, -0.15) is 0 Å². The molecule has 0 heterocycles. The summed E-state index contributed by atoms with van der Waals surface area (Å²) >= 11 is 0. The maximum absolute atomic E-state index is 13.7. The van der Waals surface area contributed by atoms with E-state index >= 15 is 0 Å². The minimum atomic E-state index is -3.55. The molecule has 7 nitrogen and oxygen atoms in total. The number of rotatable bonds is 8. The van der Waals surface area contributed by atoms with Crippen molar-refractivity contribution >= 4 is 40.0 Å². The normalized spacial score (nSPS) is 12.8. The number of hydrogen-bond acceptors (Lipinski definition) is 4. The van der Waals surface area contributed by atoms with E-state index in [0.717, 1.165) is 0 Å². The Morgan fingerprint density at radius 1 is 1.13 bits per heavy atom. The van der Waals surface area contributed by atoms with Gasteiger partial charge in [0.25, 0.3) is 0 Å². The van der Waals surface area contributed by atoms with Crippen LogP contribution in [0.25, 0.3) is 0 Å². The van der Waals surface area contributed by atoms with Gasteiger partial charge in [-0.1, -0.05) is 30.3 Å². The van der Waals surface area contributed by atoms with Crippen LogP contribution in [0, 0.1) is 5.82 Å². The van der Waals surface area contributed by atoms with Gasteiger partial charge >= 0.3 is 0 Å². The zero-order valence-corrected chi connectivity index (χ0v) is 20.6. The Morgan fingerprint density at radius 2 is 1.77 bits per heavy atom. The first kappa shape index (κ1) is 26.1. The van der Waals surface area contributed by atoms with E-state index in [2.05, 4.69) is 15.6 Å². The molecule has 10 heteroatoms. The number of aliphatic imine (C=N–C) groups is 1. The zero-order chi connectivity index (χ0) is 21.4. The summed E-state index contributed by atoms with van der Waals surface area (Å²) in [5, 5.41) is 6.19. The molecule has 2 aromatic carbocycles. The van der Waals surface area contributed by atoms with E-state index in [9.17, 15) is 12.8 Å². The molecule has 2 N–H and O–H groups in total. The molecule has 0 saturated heterocycles. The fourth-order valence-electron chi connectivity index (χ4n) is 2.54. The number of halogens is 2. The zero-order valence-electron chi connectivity index (χ0n) is 17.4. The predicted octanol–water partition coefficient (Wildman–Crippen LogP) is 2.83. The lowest BCUT2D eigenvalue weighted by Gasteiger charge is -2.19. The first-order valence-electron chi connectivity index (χ1n) is 9.12.